The molecule has 1 N–H and O–H groups in total. The van der Waals surface area contributed by atoms with Crippen LogP contribution >= 0.6 is 15.9 Å². The van der Waals surface area contributed by atoms with Crippen molar-refractivity contribution in [1.29, 1.82) is 0 Å². The summed E-state index contributed by atoms with van der Waals surface area (Å²) < 4.78 is 6.81. The number of aryl methyl sites for hydroxylation is 1. The maximum absolute atomic E-state index is 5.64. The summed E-state index contributed by atoms with van der Waals surface area (Å²) >= 11 is 3.67. The Morgan fingerprint density at radius 3 is 2.62 bits per heavy atom. The van der Waals surface area contributed by atoms with E-state index >= 15 is 0 Å². The summed E-state index contributed by atoms with van der Waals surface area (Å²) in [5, 5.41) is 3.67. The Hall–Kier alpha value is -0.540. The second-order valence-electron chi connectivity index (χ2n) is 6.19. The molecule has 0 aromatic heterocycles. The van der Waals surface area contributed by atoms with Crippen molar-refractivity contribution in [3.8, 4) is 5.75 Å². The highest BCUT2D eigenvalue weighted by atomic mass is 79.9. The van der Waals surface area contributed by atoms with Gasteiger partial charge in [-0.1, -0.05) is 55.0 Å². The van der Waals surface area contributed by atoms with Crippen LogP contribution in [0.15, 0.2) is 16.6 Å². The first-order chi connectivity index (χ1) is 10.2. The molecule has 1 fully saturated rings. The molecule has 1 saturated carbocycles. The molecule has 0 bridgehead atoms. The van der Waals surface area contributed by atoms with Crippen molar-refractivity contribution in [2.75, 3.05) is 13.7 Å². The third kappa shape index (κ3) is 4.46. The average Bonchev–Trinajstić information content (AvgIpc) is 2.50. The van der Waals surface area contributed by atoms with Gasteiger partial charge in [-0.3, -0.25) is 0 Å². The van der Waals surface area contributed by atoms with E-state index in [0.29, 0.717) is 6.04 Å². The van der Waals surface area contributed by atoms with Crippen molar-refractivity contribution in [3.05, 3.63) is 27.7 Å². The molecule has 0 radical (unpaired) electrons. The smallest absolute Gasteiger partial charge is 0.123 e. The zero-order valence-electron chi connectivity index (χ0n) is 13.5. The number of hydrogen-bond donors (Lipinski definition) is 1. The molecule has 0 heterocycles. The number of rotatable bonds is 6. The van der Waals surface area contributed by atoms with Crippen molar-refractivity contribution in [3.63, 3.8) is 0 Å². The van der Waals surface area contributed by atoms with Crippen molar-refractivity contribution in [1.82, 2.24) is 5.32 Å². The van der Waals surface area contributed by atoms with Crippen LogP contribution in [0, 0.1) is 12.8 Å². The summed E-state index contributed by atoms with van der Waals surface area (Å²) in [6.45, 7) is 5.29. The highest BCUT2D eigenvalue weighted by Gasteiger charge is 2.22. The van der Waals surface area contributed by atoms with Crippen LogP contribution in [0.4, 0.5) is 0 Å². The van der Waals surface area contributed by atoms with Gasteiger partial charge in [0.2, 0.25) is 0 Å². The Morgan fingerprint density at radius 2 is 2.00 bits per heavy atom. The highest BCUT2D eigenvalue weighted by molar-refractivity contribution is 9.10. The van der Waals surface area contributed by atoms with Gasteiger partial charge in [-0.25, -0.2) is 0 Å². The van der Waals surface area contributed by atoms with Crippen LogP contribution in [0.25, 0.3) is 0 Å². The van der Waals surface area contributed by atoms with Gasteiger partial charge in [0.1, 0.15) is 5.75 Å². The number of methoxy groups -OCH3 is 1. The molecule has 1 aliphatic carbocycles. The Bertz CT molecular complexity index is 455. The molecule has 1 aromatic carbocycles. The van der Waals surface area contributed by atoms with Gasteiger partial charge in [0.25, 0.3) is 0 Å². The molecule has 2 rings (SSSR count). The predicted octanol–water partition coefficient (Wildman–Crippen LogP) is 5.39. The van der Waals surface area contributed by atoms with Crippen LogP contribution in [0.3, 0.4) is 0 Å². The van der Waals surface area contributed by atoms with Crippen molar-refractivity contribution in [2.24, 2.45) is 5.92 Å². The van der Waals surface area contributed by atoms with Gasteiger partial charge in [0, 0.05) is 16.1 Å². The monoisotopic (exact) mass is 353 g/mol. The first kappa shape index (κ1) is 16.8. The normalized spacial score (nSPS) is 17.7. The molecule has 0 aliphatic heterocycles. The number of hydrogen-bond acceptors (Lipinski definition) is 2. The molecule has 1 unspecified atom stereocenters. The van der Waals surface area contributed by atoms with Gasteiger partial charge in [-0.05, 0) is 43.5 Å². The maximum Gasteiger partial charge on any atom is 0.123 e. The van der Waals surface area contributed by atoms with Crippen molar-refractivity contribution < 1.29 is 4.74 Å². The van der Waals surface area contributed by atoms with E-state index in [1.807, 2.05) is 0 Å². The van der Waals surface area contributed by atoms with Crippen LogP contribution in [-0.2, 0) is 0 Å². The summed E-state index contributed by atoms with van der Waals surface area (Å²) in [6.07, 6.45) is 8.21. The van der Waals surface area contributed by atoms with E-state index < -0.39 is 0 Å². The highest BCUT2D eigenvalue weighted by Crippen LogP contribution is 2.37. The largest absolute Gasteiger partial charge is 0.496 e. The summed E-state index contributed by atoms with van der Waals surface area (Å²) in [7, 11) is 1.77. The number of benzene rings is 1. The van der Waals surface area contributed by atoms with Gasteiger partial charge in [-0.2, -0.15) is 0 Å². The third-order valence-corrected chi connectivity index (χ3v) is 5.49. The van der Waals surface area contributed by atoms with Crippen LogP contribution < -0.4 is 10.1 Å². The minimum Gasteiger partial charge on any atom is -0.496 e. The lowest BCUT2D eigenvalue weighted by molar-refractivity contribution is 0.297. The SMILES string of the molecule is CCNC(CC1CCCCC1)c1cc(Br)c(C)cc1OC. The first-order valence-corrected chi connectivity index (χ1v) is 9.02. The minimum atomic E-state index is 0.393. The van der Waals surface area contributed by atoms with Crippen LogP contribution in [-0.4, -0.2) is 13.7 Å². The molecule has 0 spiro atoms. The molecule has 118 valence electrons. The van der Waals surface area contributed by atoms with Crippen LogP contribution in [0.5, 0.6) is 5.75 Å². The summed E-state index contributed by atoms with van der Waals surface area (Å²) in [4.78, 5) is 0. The third-order valence-electron chi connectivity index (χ3n) is 4.63. The zero-order chi connectivity index (χ0) is 15.2. The van der Waals surface area contributed by atoms with E-state index in [2.05, 4.69) is 47.2 Å². The molecule has 0 saturated heterocycles. The van der Waals surface area contributed by atoms with Gasteiger partial charge >= 0.3 is 0 Å². The number of nitrogens with one attached hydrogen (secondary N) is 1. The lowest BCUT2D eigenvalue weighted by Crippen LogP contribution is -2.25. The van der Waals surface area contributed by atoms with Gasteiger partial charge in [0.05, 0.1) is 7.11 Å². The second-order valence-corrected chi connectivity index (χ2v) is 7.05. The standard InChI is InChI=1S/C18H28BrNO/c1-4-20-17(11-14-8-6-5-7-9-14)15-12-16(19)13(2)10-18(15)21-3/h10,12,14,17,20H,4-9,11H2,1-3H3. The van der Waals surface area contributed by atoms with E-state index in [4.69, 9.17) is 4.74 Å². The van der Waals surface area contributed by atoms with Crippen molar-refractivity contribution >= 4 is 15.9 Å². The molecule has 2 nitrogen and oxygen atoms in total. The molecule has 1 aliphatic rings. The number of ether oxygens (including phenoxy) is 1. The van der Waals surface area contributed by atoms with Crippen LogP contribution in [0.1, 0.15) is 62.6 Å². The fraction of sp³-hybridized carbons (Fsp3) is 0.667. The number of halogens is 1. The predicted molar refractivity (Wildman–Crippen MR) is 93.0 cm³/mol. The average molecular weight is 354 g/mol. The summed E-state index contributed by atoms with van der Waals surface area (Å²) in [5.74, 6) is 1.87. The van der Waals surface area contributed by atoms with Gasteiger partial charge in [-0.15, -0.1) is 0 Å². The Kier molecular flexibility index (Phi) is 6.56. The van der Waals surface area contributed by atoms with Crippen molar-refractivity contribution in [2.45, 2.75) is 58.4 Å². The van der Waals surface area contributed by atoms with Crippen LogP contribution in [0.2, 0.25) is 0 Å². The fourth-order valence-corrected chi connectivity index (χ4v) is 3.80. The topological polar surface area (TPSA) is 21.3 Å². The molecule has 1 atom stereocenters. The molecule has 21 heavy (non-hydrogen) atoms. The van der Waals surface area contributed by atoms with E-state index in [-0.39, 0.29) is 0 Å². The lowest BCUT2D eigenvalue weighted by atomic mass is 9.83. The molecular formula is C18H28BrNO. The maximum atomic E-state index is 5.64. The van der Waals surface area contributed by atoms with E-state index in [1.165, 1.54) is 54.1 Å². The Labute approximate surface area is 137 Å². The van der Waals surface area contributed by atoms with Gasteiger partial charge < -0.3 is 10.1 Å². The quantitative estimate of drug-likeness (QED) is 0.740. The first-order valence-electron chi connectivity index (χ1n) is 8.23. The van der Waals surface area contributed by atoms with Gasteiger partial charge in [0.15, 0.2) is 0 Å². The molecule has 1 aromatic rings. The van der Waals surface area contributed by atoms with E-state index in [0.717, 1.165) is 18.2 Å². The second kappa shape index (κ2) is 8.19. The summed E-state index contributed by atoms with van der Waals surface area (Å²) in [5.41, 5.74) is 2.52. The molecule has 0 amide bonds. The molecule has 3 heteroatoms. The molecular weight excluding hydrogens is 326 g/mol. The van der Waals surface area contributed by atoms with E-state index in [9.17, 15) is 0 Å². The fourth-order valence-electron chi connectivity index (χ4n) is 3.44. The Morgan fingerprint density at radius 1 is 1.29 bits per heavy atom. The zero-order valence-corrected chi connectivity index (χ0v) is 15.1. The Balaban J connectivity index is 2.21. The van der Waals surface area contributed by atoms with E-state index in [1.54, 1.807) is 7.11 Å². The minimum absolute atomic E-state index is 0.393. The lowest BCUT2D eigenvalue weighted by Gasteiger charge is -2.28. The summed E-state index contributed by atoms with van der Waals surface area (Å²) in [6, 6.07) is 4.78.